The molecule has 1 aromatic carbocycles. The Bertz CT molecular complexity index is 1880. The molecule has 2 fully saturated rings. The molecule has 3 N–H and O–H groups in total. The second-order valence-electron chi connectivity index (χ2n) is 12.5. The number of hydrogen-bond acceptors (Lipinski definition) is 6. The third-order valence-corrected chi connectivity index (χ3v) is 10.9. The van der Waals surface area contributed by atoms with Crippen molar-refractivity contribution in [3.8, 4) is 5.88 Å². The normalized spacial score (nSPS) is 19.2. The standard InChI is InChI=1S/C36H37N3O6S/c1-44-29-15-13-26-31(23-8-3-2-4-9-23)32-27(39(26)29)21-45-20-24-12-14-28(46-33(24)32)34(42)38-36(17-6-18-36)35(43)37-25-10-5-7-22(19-25)11-16-30(40)41/h5,7,10-11,13-16,19,21,23H,2-4,6,8-9,12,17-18,20H2,1H3,(H,37,43)(H,38,42)(H,40,41). The van der Waals surface area contributed by atoms with Crippen LogP contribution in [0.25, 0.3) is 22.8 Å². The molecule has 10 heteroatoms. The van der Waals surface area contributed by atoms with Gasteiger partial charge in [0.05, 0.1) is 22.9 Å². The number of amides is 2. The average molecular weight is 640 g/mol. The van der Waals surface area contributed by atoms with E-state index in [0.29, 0.717) is 47.9 Å². The third-order valence-electron chi connectivity index (χ3n) is 9.64. The Kier molecular flexibility index (Phi) is 8.15. The van der Waals surface area contributed by atoms with E-state index >= 15 is 0 Å². The number of methoxy groups -OCH3 is 1. The van der Waals surface area contributed by atoms with E-state index in [0.717, 1.165) is 58.1 Å². The zero-order valence-electron chi connectivity index (χ0n) is 25.8. The van der Waals surface area contributed by atoms with E-state index in [1.807, 2.05) is 18.4 Å². The van der Waals surface area contributed by atoms with E-state index < -0.39 is 11.5 Å². The van der Waals surface area contributed by atoms with Crippen molar-refractivity contribution in [2.45, 2.75) is 69.2 Å². The molecule has 0 bridgehead atoms. The molecule has 0 radical (unpaired) electrons. The highest BCUT2D eigenvalue weighted by molar-refractivity contribution is 8.12. The van der Waals surface area contributed by atoms with Gasteiger partial charge in [-0.05, 0) is 85.4 Å². The summed E-state index contributed by atoms with van der Waals surface area (Å²) in [6, 6.07) is 11.1. The zero-order chi connectivity index (χ0) is 31.8. The largest absolute Gasteiger partial charge is 0.495 e. The van der Waals surface area contributed by atoms with Crippen LogP contribution in [0.3, 0.4) is 0 Å². The van der Waals surface area contributed by atoms with Crippen molar-refractivity contribution in [3.63, 3.8) is 0 Å². The number of anilines is 1. The molecule has 7 rings (SSSR count). The number of carbonyl (C=O) groups is 3. The molecule has 2 aromatic heterocycles. The van der Waals surface area contributed by atoms with Crippen LogP contribution < -0.4 is 20.7 Å². The van der Waals surface area contributed by atoms with Gasteiger partial charge < -0.3 is 25.2 Å². The highest BCUT2D eigenvalue weighted by atomic mass is 32.2. The quantitative estimate of drug-likeness (QED) is 0.259. The Morgan fingerprint density at radius 3 is 2.67 bits per heavy atom. The Labute approximate surface area is 271 Å². The molecular weight excluding hydrogens is 602 g/mol. The number of fused-ring (bicyclic) bond motifs is 4. The fourth-order valence-corrected chi connectivity index (χ4v) is 8.30. The van der Waals surface area contributed by atoms with E-state index in [2.05, 4.69) is 21.1 Å². The summed E-state index contributed by atoms with van der Waals surface area (Å²) in [4.78, 5) is 40.1. The number of aromatic nitrogens is 1. The molecule has 4 aliphatic rings. The van der Waals surface area contributed by atoms with Gasteiger partial charge in [-0.15, -0.1) is 0 Å². The molecule has 0 saturated heterocycles. The lowest BCUT2D eigenvalue weighted by atomic mass is 9.75. The van der Waals surface area contributed by atoms with E-state index in [1.54, 1.807) is 31.4 Å². The second-order valence-corrected chi connectivity index (χ2v) is 13.5. The first-order valence-electron chi connectivity index (χ1n) is 15.9. The Morgan fingerprint density at radius 2 is 1.93 bits per heavy atom. The number of carboxylic acid groups (broad SMARTS) is 1. The van der Waals surface area contributed by atoms with Gasteiger partial charge in [0.25, 0.3) is 5.91 Å². The Morgan fingerprint density at radius 1 is 1.11 bits per heavy atom. The molecule has 0 unspecified atom stereocenters. The number of thioether (sulfide) groups is 1. The Balaban J connectivity index is 1.15. The summed E-state index contributed by atoms with van der Waals surface area (Å²) in [5.74, 6) is -0.396. The second kappa shape index (κ2) is 12.4. The van der Waals surface area contributed by atoms with E-state index in [9.17, 15) is 14.4 Å². The van der Waals surface area contributed by atoms with Gasteiger partial charge in [0, 0.05) is 28.3 Å². The molecule has 2 aliphatic carbocycles. The van der Waals surface area contributed by atoms with Gasteiger partial charge in [-0.3, -0.25) is 14.0 Å². The number of aliphatic carboxylic acids is 1. The minimum atomic E-state index is -1.05. The average Bonchev–Trinajstić information content (AvgIpc) is 3.54. The van der Waals surface area contributed by atoms with E-state index in [1.165, 1.54) is 42.7 Å². The molecule has 238 valence electrons. The summed E-state index contributed by atoms with van der Waals surface area (Å²) < 4.78 is 14.0. The number of hydrogen-bond donors (Lipinski definition) is 3. The number of rotatable bonds is 8. The molecule has 2 saturated carbocycles. The summed E-state index contributed by atoms with van der Waals surface area (Å²) in [5, 5.41) is 16.0. The lowest BCUT2D eigenvalue weighted by Gasteiger charge is -2.41. The van der Waals surface area contributed by atoms with Crippen LogP contribution >= 0.6 is 11.8 Å². The van der Waals surface area contributed by atoms with Crippen LogP contribution in [0.15, 0.2) is 59.0 Å². The van der Waals surface area contributed by atoms with Gasteiger partial charge in [-0.2, -0.15) is 0 Å². The van der Waals surface area contributed by atoms with Crippen molar-refractivity contribution in [1.29, 1.82) is 0 Å². The molecule has 4 heterocycles. The fraction of sp³-hybridized carbons (Fsp3) is 0.361. The summed E-state index contributed by atoms with van der Waals surface area (Å²) in [6.45, 7) is 0.449. The zero-order valence-corrected chi connectivity index (χ0v) is 26.6. The predicted molar refractivity (Wildman–Crippen MR) is 179 cm³/mol. The highest BCUT2D eigenvalue weighted by Crippen LogP contribution is 2.48. The molecular formula is C36H37N3O6S. The van der Waals surface area contributed by atoms with Crippen LogP contribution in [0, 0.1) is 0 Å². The smallest absolute Gasteiger partial charge is 0.328 e. The lowest BCUT2D eigenvalue weighted by Crippen LogP contribution is -2.61. The van der Waals surface area contributed by atoms with Gasteiger partial charge in [-0.1, -0.05) is 49.2 Å². The van der Waals surface area contributed by atoms with Crippen molar-refractivity contribution < 1.29 is 29.0 Å². The number of nitrogens with one attached hydrogen (secondary N) is 2. The lowest BCUT2D eigenvalue weighted by molar-refractivity contribution is -0.131. The number of ether oxygens (including phenoxy) is 2. The summed E-state index contributed by atoms with van der Waals surface area (Å²) in [6.07, 6.45) is 14.8. The van der Waals surface area contributed by atoms with Gasteiger partial charge in [0.1, 0.15) is 18.4 Å². The van der Waals surface area contributed by atoms with Gasteiger partial charge in [-0.25, -0.2) is 4.79 Å². The molecule has 9 nitrogen and oxygen atoms in total. The van der Waals surface area contributed by atoms with Crippen molar-refractivity contribution in [2.75, 3.05) is 19.0 Å². The van der Waals surface area contributed by atoms with E-state index in [-0.39, 0.29) is 11.8 Å². The van der Waals surface area contributed by atoms with Crippen LogP contribution in [-0.4, -0.2) is 46.5 Å². The third kappa shape index (κ3) is 5.48. The number of nitrogens with zero attached hydrogens (tertiary/aromatic N) is 1. The number of allylic oxidation sites excluding steroid dienone is 1. The van der Waals surface area contributed by atoms with Crippen LogP contribution in [0.4, 0.5) is 5.69 Å². The molecule has 2 amide bonds. The summed E-state index contributed by atoms with van der Waals surface area (Å²) in [5.41, 5.74) is 4.92. The van der Waals surface area contributed by atoms with Crippen molar-refractivity contribution in [1.82, 2.24) is 9.72 Å². The molecule has 0 spiro atoms. The maximum absolute atomic E-state index is 13.9. The number of benzene rings is 1. The van der Waals surface area contributed by atoms with E-state index in [4.69, 9.17) is 14.6 Å². The topological polar surface area (TPSA) is 118 Å². The number of carboxylic acids is 1. The minimum absolute atomic E-state index is 0.254. The van der Waals surface area contributed by atoms with Crippen molar-refractivity contribution in [3.05, 3.63) is 81.1 Å². The fourth-order valence-electron chi connectivity index (χ4n) is 7.17. The Hall–Kier alpha value is -4.44. The van der Waals surface area contributed by atoms with Gasteiger partial charge >= 0.3 is 5.97 Å². The van der Waals surface area contributed by atoms with Crippen LogP contribution in [0.2, 0.25) is 0 Å². The first-order valence-corrected chi connectivity index (χ1v) is 16.8. The minimum Gasteiger partial charge on any atom is -0.495 e. The predicted octanol–water partition coefficient (Wildman–Crippen LogP) is 5.99. The maximum Gasteiger partial charge on any atom is 0.328 e. The molecule has 2 aliphatic heterocycles. The van der Waals surface area contributed by atoms with Crippen molar-refractivity contribution >= 4 is 58.0 Å². The van der Waals surface area contributed by atoms with Gasteiger partial charge in [0.2, 0.25) is 5.91 Å². The monoisotopic (exact) mass is 639 g/mol. The molecule has 46 heavy (non-hydrogen) atoms. The highest BCUT2D eigenvalue weighted by Gasteiger charge is 2.46. The summed E-state index contributed by atoms with van der Waals surface area (Å²) in [7, 11) is 1.68. The molecule has 0 atom stereocenters. The first kappa shape index (κ1) is 30.2. The summed E-state index contributed by atoms with van der Waals surface area (Å²) >= 11 is 1.48. The number of carbonyl (C=O) groups excluding carboxylic acids is 2. The van der Waals surface area contributed by atoms with Crippen LogP contribution in [0.1, 0.15) is 80.4 Å². The van der Waals surface area contributed by atoms with Crippen LogP contribution in [0.5, 0.6) is 5.88 Å². The van der Waals surface area contributed by atoms with Crippen LogP contribution in [-0.2, 0) is 19.1 Å². The SMILES string of the molecule is COc1ccc2c(C3CCCCC3)c3c(n12)=COCC1=C3SC(C(=O)NC2(C(=O)Nc3cccc(C=CC(=O)O)c3)CCC2)=CC1. The maximum atomic E-state index is 13.9. The molecule has 3 aromatic rings. The van der Waals surface area contributed by atoms with Gasteiger partial charge in [0.15, 0.2) is 5.88 Å². The van der Waals surface area contributed by atoms with Crippen molar-refractivity contribution in [2.24, 2.45) is 0 Å². The first-order chi connectivity index (χ1) is 22.4.